The van der Waals surface area contributed by atoms with Crippen LogP contribution in [0.1, 0.15) is 0 Å². The maximum atomic E-state index is 2.48. The minimum Gasteiger partial charge on any atom is -0.309 e. The van der Waals surface area contributed by atoms with Gasteiger partial charge >= 0.3 is 0 Å². The van der Waals surface area contributed by atoms with E-state index >= 15 is 0 Å². The van der Waals surface area contributed by atoms with Crippen LogP contribution in [-0.2, 0) is 0 Å². The first-order valence-corrected chi connectivity index (χ1v) is 15.5. The monoisotopic (exact) mass is 573 g/mol. The van der Waals surface area contributed by atoms with Crippen molar-refractivity contribution in [2.45, 2.75) is 0 Å². The third-order valence-electron chi connectivity index (χ3n) is 8.65. The van der Waals surface area contributed by atoms with E-state index in [1.165, 1.54) is 60.6 Å². The number of nitrogens with zero attached hydrogens (tertiary/aromatic N) is 1. The predicted octanol–water partition coefficient (Wildman–Crippen LogP) is 12.5. The molecule has 0 aliphatic heterocycles. The van der Waals surface area contributed by atoms with Gasteiger partial charge in [0.2, 0.25) is 0 Å². The summed E-state index contributed by atoms with van der Waals surface area (Å²) in [6, 6.07) is 67.6. The first-order chi connectivity index (χ1) is 22.4. The van der Waals surface area contributed by atoms with E-state index in [2.05, 4.69) is 193 Å². The van der Waals surface area contributed by atoms with Crippen molar-refractivity contribution in [2.75, 3.05) is 4.90 Å². The summed E-state index contributed by atoms with van der Waals surface area (Å²) in [4.78, 5) is 2.48. The molecule has 8 aromatic rings. The molecule has 45 heavy (non-hydrogen) atoms. The van der Waals surface area contributed by atoms with Gasteiger partial charge in [0, 0.05) is 22.2 Å². The largest absolute Gasteiger partial charge is 0.309 e. The molecule has 0 atom stereocenters. The molecule has 0 aliphatic carbocycles. The van der Waals surface area contributed by atoms with Gasteiger partial charge < -0.3 is 4.90 Å². The third-order valence-corrected chi connectivity index (χ3v) is 8.65. The molecule has 1 heteroatoms. The number of hydrogen-bond donors (Lipinski definition) is 0. The standard InChI is InChI=1S/C44H31N/c1-4-16-32(17-5-1)33-28-30-36(31-29-33)45(42-27-15-14-22-37(42)34-18-6-2-7-19-34)44-41-26-13-11-24-39(41)38-23-10-12-25-40(38)43(44)35-20-8-3-9-21-35/h1-31H. The van der Waals surface area contributed by atoms with E-state index < -0.39 is 0 Å². The van der Waals surface area contributed by atoms with Gasteiger partial charge in [-0.05, 0) is 56.6 Å². The van der Waals surface area contributed by atoms with Gasteiger partial charge in [0.05, 0.1) is 11.4 Å². The van der Waals surface area contributed by atoms with E-state index in [9.17, 15) is 0 Å². The number of anilines is 3. The number of hydrogen-bond acceptors (Lipinski definition) is 1. The Hall–Kier alpha value is -5.92. The molecular weight excluding hydrogens is 542 g/mol. The highest BCUT2D eigenvalue weighted by Gasteiger charge is 2.25. The minimum absolute atomic E-state index is 1.11. The zero-order chi connectivity index (χ0) is 30.0. The van der Waals surface area contributed by atoms with E-state index in [-0.39, 0.29) is 0 Å². The molecule has 0 N–H and O–H groups in total. The van der Waals surface area contributed by atoms with Crippen molar-refractivity contribution in [3.63, 3.8) is 0 Å². The lowest BCUT2D eigenvalue weighted by Gasteiger charge is -2.32. The molecule has 8 rings (SSSR count). The summed E-state index contributed by atoms with van der Waals surface area (Å²) < 4.78 is 0. The Kier molecular flexibility index (Phi) is 6.90. The summed E-state index contributed by atoms with van der Waals surface area (Å²) in [6.07, 6.45) is 0. The SMILES string of the molecule is c1ccc(-c2ccc(N(c3ccccc3-c3ccccc3)c3c(-c4ccccc4)c4ccccc4c4ccccc34)cc2)cc1. The highest BCUT2D eigenvalue weighted by atomic mass is 15.1. The van der Waals surface area contributed by atoms with Crippen LogP contribution >= 0.6 is 0 Å². The lowest BCUT2D eigenvalue weighted by Crippen LogP contribution is -2.13. The molecule has 0 fully saturated rings. The molecule has 0 saturated carbocycles. The zero-order valence-electron chi connectivity index (χ0n) is 24.8. The summed E-state index contributed by atoms with van der Waals surface area (Å²) in [5.41, 5.74) is 10.6. The van der Waals surface area contributed by atoms with E-state index in [1.807, 2.05) is 0 Å². The van der Waals surface area contributed by atoms with Crippen molar-refractivity contribution < 1.29 is 0 Å². The van der Waals surface area contributed by atoms with Gasteiger partial charge in [0.1, 0.15) is 0 Å². The molecule has 0 aromatic heterocycles. The maximum absolute atomic E-state index is 2.48. The summed E-state index contributed by atoms with van der Waals surface area (Å²) in [5.74, 6) is 0. The number of benzene rings is 8. The van der Waals surface area contributed by atoms with Crippen LogP contribution in [0.3, 0.4) is 0 Å². The van der Waals surface area contributed by atoms with Crippen LogP contribution in [0, 0.1) is 0 Å². The summed E-state index contributed by atoms with van der Waals surface area (Å²) >= 11 is 0. The van der Waals surface area contributed by atoms with Crippen LogP contribution in [0.25, 0.3) is 54.9 Å². The summed E-state index contributed by atoms with van der Waals surface area (Å²) in [6.45, 7) is 0. The molecular formula is C44H31N. The Morgan fingerprint density at radius 1 is 0.289 bits per heavy atom. The molecule has 0 bridgehead atoms. The van der Waals surface area contributed by atoms with Crippen LogP contribution in [0.15, 0.2) is 188 Å². The van der Waals surface area contributed by atoms with Crippen LogP contribution in [0.4, 0.5) is 17.1 Å². The van der Waals surface area contributed by atoms with E-state index in [4.69, 9.17) is 0 Å². The van der Waals surface area contributed by atoms with E-state index in [0.717, 1.165) is 11.4 Å². The second kappa shape index (κ2) is 11.6. The molecule has 0 unspecified atom stereocenters. The average molecular weight is 574 g/mol. The maximum Gasteiger partial charge on any atom is 0.0625 e. The Bertz CT molecular complexity index is 2240. The van der Waals surface area contributed by atoms with Gasteiger partial charge in [0.15, 0.2) is 0 Å². The first-order valence-electron chi connectivity index (χ1n) is 15.5. The zero-order valence-corrected chi connectivity index (χ0v) is 24.8. The van der Waals surface area contributed by atoms with Gasteiger partial charge in [-0.25, -0.2) is 0 Å². The smallest absolute Gasteiger partial charge is 0.0625 e. The Balaban J connectivity index is 1.49. The first kappa shape index (κ1) is 26.7. The van der Waals surface area contributed by atoms with Gasteiger partial charge in [-0.15, -0.1) is 0 Å². The Labute approximate surface area is 264 Å². The Morgan fingerprint density at radius 3 is 1.38 bits per heavy atom. The second-order valence-corrected chi connectivity index (χ2v) is 11.3. The van der Waals surface area contributed by atoms with Crippen molar-refractivity contribution in [1.82, 2.24) is 0 Å². The van der Waals surface area contributed by atoms with Crippen LogP contribution < -0.4 is 4.90 Å². The second-order valence-electron chi connectivity index (χ2n) is 11.3. The predicted molar refractivity (Wildman–Crippen MR) is 192 cm³/mol. The van der Waals surface area contributed by atoms with Crippen LogP contribution in [0.5, 0.6) is 0 Å². The quantitative estimate of drug-likeness (QED) is 0.179. The highest BCUT2D eigenvalue weighted by molar-refractivity contribution is 6.22. The van der Waals surface area contributed by atoms with Crippen LogP contribution in [0.2, 0.25) is 0 Å². The molecule has 0 aliphatic rings. The van der Waals surface area contributed by atoms with E-state index in [0.29, 0.717) is 0 Å². The normalized spacial score (nSPS) is 11.1. The molecule has 1 nitrogen and oxygen atoms in total. The van der Waals surface area contributed by atoms with Gasteiger partial charge in [-0.1, -0.05) is 170 Å². The molecule has 0 spiro atoms. The van der Waals surface area contributed by atoms with Crippen molar-refractivity contribution in [3.8, 4) is 33.4 Å². The number of para-hydroxylation sites is 1. The molecule has 0 heterocycles. The molecule has 212 valence electrons. The van der Waals surface area contributed by atoms with Gasteiger partial charge in [0.25, 0.3) is 0 Å². The lowest BCUT2D eigenvalue weighted by atomic mass is 9.89. The van der Waals surface area contributed by atoms with Crippen molar-refractivity contribution in [3.05, 3.63) is 188 Å². The summed E-state index contributed by atoms with van der Waals surface area (Å²) in [5, 5.41) is 4.95. The minimum atomic E-state index is 1.11. The fourth-order valence-corrected chi connectivity index (χ4v) is 6.60. The number of rotatable bonds is 6. The molecule has 0 saturated heterocycles. The van der Waals surface area contributed by atoms with Crippen LogP contribution in [-0.4, -0.2) is 0 Å². The lowest BCUT2D eigenvalue weighted by molar-refractivity contribution is 1.30. The molecule has 0 radical (unpaired) electrons. The van der Waals surface area contributed by atoms with E-state index in [1.54, 1.807) is 0 Å². The third kappa shape index (κ3) is 4.85. The van der Waals surface area contributed by atoms with Gasteiger partial charge in [-0.3, -0.25) is 0 Å². The van der Waals surface area contributed by atoms with Crippen molar-refractivity contribution >= 4 is 38.6 Å². The number of fused-ring (bicyclic) bond motifs is 3. The Morgan fingerprint density at radius 2 is 0.733 bits per heavy atom. The highest BCUT2D eigenvalue weighted by Crippen LogP contribution is 2.51. The summed E-state index contributed by atoms with van der Waals surface area (Å²) in [7, 11) is 0. The molecule has 0 amide bonds. The molecule has 8 aromatic carbocycles. The van der Waals surface area contributed by atoms with Crippen molar-refractivity contribution in [1.29, 1.82) is 0 Å². The van der Waals surface area contributed by atoms with Crippen molar-refractivity contribution in [2.24, 2.45) is 0 Å². The fourth-order valence-electron chi connectivity index (χ4n) is 6.60. The van der Waals surface area contributed by atoms with Gasteiger partial charge in [-0.2, -0.15) is 0 Å². The average Bonchev–Trinajstić information content (AvgIpc) is 3.13. The topological polar surface area (TPSA) is 3.24 Å². The fraction of sp³-hybridized carbons (Fsp3) is 0.